The van der Waals surface area contributed by atoms with Crippen LogP contribution in [-0.2, 0) is 0 Å². The van der Waals surface area contributed by atoms with E-state index in [4.69, 9.17) is 38.8 Å². The van der Waals surface area contributed by atoms with Crippen molar-refractivity contribution >= 4 is 39.0 Å². The second-order valence-corrected chi connectivity index (χ2v) is 8.83. The molecule has 0 aliphatic rings. The summed E-state index contributed by atoms with van der Waals surface area (Å²) in [6, 6.07) is 0. The van der Waals surface area contributed by atoms with Gasteiger partial charge >= 0.3 is 5.32 Å². The fourth-order valence-corrected chi connectivity index (χ4v) is 0. The minimum absolute atomic E-state index is 0.322. The van der Waals surface area contributed by atoms with Gasteiger partial charge in [-0.3, -0.25) is 0 Å². The Balaban J connectivity index is 3.17. The first-order chi connectivity index (χ1) is 2.56. The summed E-state index contributed by atoms with van der Waals surface area (Å²) in [6.45, 7) is 0. The third-order valence-electron chi connectivity index (χ3n) is 0.160. The average Bonchev–Trinajstić information content (AvgIpc) is 1.35. The molecule has 0 fully saturated rings. The summed E-state index contributed by atoms with van der Waals surface area (Å²) in [5.74, 6) is 0. The molecule has 1 N–H and O–H groups in total. The van der Waals surface area contributed by atoms with Gasteiger partial charge in [-0.05, 0) is 0 Å². The summed E-state index contributed by atoms with van der Waals surface area (Å²) in [5, 5.41) is 5.63. The van der Waals surface area contributed by atoms with Crippen LogP contribution in [0.1, 0.15) is 0 Å². The van der Waals surface area contributed by atoms with E-state index in [-0.39, 0.29) is 6.35 Å². The first-order valence-electron chi connectivity index (χ1n) is 1.14. The van der Waals surface area contributed by atoms with Crippen LogP contribution in [0.5, 0.6) is 0 Å². The summed E-state index contributed by atoms with van der Waals surface area (Å²) in [4.78, 5) is 0. The summed E-state index contributed by atoms with van der Waals surface area (Å²) in [7, 11) is 0. The highest BCUT2D eigenvalue weighted by Crippen LogP contribution is 2.72. The zero-order valence-corrected chi connectivity index (χ0v) is 5.90. The SMILES string of the molecule is OC[P+](Cl)(Cl)Cl. The number of hydrogen-bond acceptors (Lipinski definition) is 1. The number of hydrogen-bond donors (Lipinski definition) is 1. The Morgan fingerprint density at radius 3 is 1.50 bits per heavy atom. The van der Waals surface area contributed by atoms with E-state index in [0.717, 1.165) is 0 Å². The van der Waals surface area contributed by atoms with Gasteiger partial charge in [-0.1, -0.05) is 0 Å². The maximum atomic E-state index is 8.06. The lowest BCUT2D eigenvalue weighted by Crippen LogP contribution is -1.69. The van der Waals surface area contributed by atoms with Crippen LogP contribution in [0.25, 0.3) is 0 Å². The lowest BCUT2D eigenvalue weighted by molar-refractivity contribution is 0.372. The van der Waals surface area contributed by atoms with Gasteiger partial charge in [-0.2, -0.15) is 0 Å². The average molecular weight is 168 g/mol. The van der Waals surface area contributed by atoms with Crippen LogP contribution in [0.4, 0.5) is 0 Å². The predicted octanol–water partition coefficient (Wildman–Crippen LogP) is 2.42. The molecule has 0 spiro atoms. The van der Waals surface area contributed by atoms with Crippen molar-refractivity contribution in [3.8, 4) is 0 Å². The first-order valence-corrected chi connectivity index (χ1v) is 5.83. The van der Waals surface area contributed by atoms with Crippen molar-refractivity contribution in [2.45, 2.75) is 0 Å². The van der Waals surface area contributed by atoms with Crippen LogP contribution in [-0.4, -0.2) is 11.5 Å². The minimum atomic E-state index is -2.42. The van der Waals surface area contributed by atoms with E-state index in [1.807, 2.05) is 0 Å². The van der Waals surface area contributed by atoms with Gasteiger partial charge < -0.3 is 5.11 Å². The molecule has 5 heteroatoms. The Morgan fingerprint density at radius 2 is 1.50 bits per heavy atom. The van der Waals surface area contributed by atoms with Crippen molar-refractivity contribution in [2.24, 2.45) is 0 Å². The number of halogens is 3. The molecule has 0 radical (unpaired) electrons. The van der Waals surface area contributed by atoms with Crippen molar-refractivity contribution in [2.75, 3.05) is 6.35 Å². The van der Waals surface area contributed by atoms with Crippen LogP contribution in [0.15, 0.2) is 0 Å². The van der Waals surface area contributed by atoms with Gasteiger partial charge in [0.15, 0.2) is 0 Å². The second kappa shape index (κ2) is 2.54. The molecule has 6 heavy (non-hydrogen) atoms. The predicted molar refractivity (Wildman–Crippen MR) is 31.6 cm³/mol. The Labute approximate surface area is 50.9 Å². The van der Waals surface area contributed by atoms with E-state index < -0.39 is 5.32 Å². The quantitative estimate of drug-likeness (QED) is 0.596. The molecule has 1 nitrogen and oxygen atoms in total. The molecule has 0 aromatic carbocycles. The number of rotatable bonds is 1. The van der Waals surface area contributed by atoms with Gasteiger partial charge in [0.2, 0.25) is 6.35 Å². The molecular weight excluding hydrogens is 165 g/mol. The number of aliphatic hydroxyl groups excluding tert-OH is 1. The lowest BCUT2D eigenvalue weighted by Gasteiger charge is -1.87. The first kappa shape index (κ1) is 7.26. The lowest BCUT2D eigenvalue weighted by atomic mass is 11.7. The standard InChI is InChI=1S/CH3Cl3OP/c2-6(3,4)1-5/h5H,1H2/q+1. The monoisotopic (exact) mass is 167 g/mol. The van der Waals surface area contributed by atoms with Crippen molar-refractivity contribution in [1.29, 1.82) is 0 Å². The molecule has 0 aromatic rings. The molecule has 0 saturated carbocycles. The molecule has 0 rings (SSSR count). The van der Waals surface area contributed by atoms with Gasteiger partial charge in [-0.15, -0.1) is 0 Å². The molecule has 0 heterocycles. The second-order valence-electron chi connectivity index (χ2n) is 0.692. The van der Waals surface area contributed by atoms with Crippen LogP contribution in [0.3, 0.4) is 0 Å². The van der Waals surface area contributed by atoms with Gasteiger partial charge in [0.05, 0.1) is 0 Å². The maximum absolute atomic E-state index is 8.06. The third kappa shape index (κ3) is 5.26. The van der Waals surface area contributed by atoms with Gasteiger partial charge in [-0.25, -0.2) is 0 Å². The minimum Gasteiger partial charge on any atom is -0.358 e. The largest absolute Gasteiger partial charge is 0.358 e. The van der Waals surface area contributed by atoms with Gasteiger partial charge in [0.25, 0.3) is 0 Å². The molecule has 38 valence electrons. The van der Waals surface area contributed by atoms with Crippen molar-refractivity contribution in [3.05, 3.63) is 0 Å². The normalized spacial score (nSPS) is 12.0. The van der Waals surface area contributed by atoms with Crippen molar-refractivity contribution in [3.63, 3.8) is 0 Å². The van der Waals surface area contributed by atoms with Gasteiger partial charge in [0, 0.05) is 0 Å². The highest BCUT2D eigenvalue weighted by Gasteiger charge is 2.30. The molecule has 0 amide bonds. The summed E-state index contributed by atoms with van der Waals surface area (Å²) in [5.41, 5.74) is 0. The zero-order chi connectivity index (χ0) is 5.21. The highest BCUT2D eigenvalue weighted by molar-refractivity contribution is 8.32. The molecule has 0 saturated heterocycles. The molecule has 0 aliphatic carbocycles. The van der Waals surface area contributed by atoms with Crippen molar-refractivity contribution < 1.29 is 5.11 Å². The van der Waals surface area contributed by atoms with E-state index in [0.29, 0.717) is 0 Å². The molecule has 0 aromatic heterocycles. The maximum Gasteiger partial charge on any atom is 0.333 e. The van der Waals surface area contributed by atoms with E-state index >= 15 is 0 Å². The fraction of sp³-hybridized carbons (Fsp3) is 1.00. The molecule has 0 unspecified atom stereocenters. The molecule has 0 aliphatic heterocycles. The topological polar surface area (TPSA) is 20.2 Å². The van der Waals surface area contributed by atoms with E-state index in [9.17, 15) is 0 Å². The third-order valence-corrected chi connectivity index (χ3v) is 1.44. The van der Waals surface area contributed by atoms with Crippen molar-refractivity contribution in [1.82, 2.24) is 0 Å². The smallest absolute Gasteiger partial charge is 0.333 e. The van der Waals surface area contributed by atoms with Gasteiger partial charge in [0.1, 0.15) is 33.7 Å². The van der Waals surface area contributed by atoms with Crippen LogP contribution in [0, 0.1) is 0 Å². The van der Waals surface area contributed by atoms with Crippen LogP contribution < -0.4 is 0 Å². The molecular formula is CH3Cl3OP+. The summed E-state index contributed by atoms with van der Waals surface area (Å²) in [6.07, 6.45) is -0.322. The highest BCUT2D eigenvalue weighted by atomic mass is 36.1. The zero-order valence-electron chi connectivity index (χ0n) is 2.74. The Kier molecular flexibility index (Phi) is 3.07. The Hall–Kier alpha value is 1.26. The summed E-state index contributed by atoms with van der Waals surface area (Å²) >= 11 is 15.3. The number of aliphatic hydroxyl groups is 1. The molecule has 0 bridgehead atoms. The van der Waals surface area contributed by atoms with E-state index in [2.05, 4.69) is 0 Å². The fourth-order valence-electron chi connectivity index (χ4n) is 0. The van der Waals surface area contributed by atoms with E-state index in [1.54, 1.807) is 0 Å². The summed E-state index contributed by atoms with van der Waals surface area (Å²) < 4.78 is 0. The van der Waals surface area contributed by atoms with E-state index in [1.165, 1.54) is 0 Å². The van der Waals surface area contributed by atoms with Crippen LogP contribution in [0.2, 0.25) is 0 Å². The molecule has 0 atom stereocenters. The Bertz CT molecular complexity index is 40.5. The van der Waals surface area contributed by atoms with Crippen LogP contribution >= 0.6 is 39.0 Å². The Morgan fingerprint density at radius 1 is 1.33 bits per heavy atom.